The molecule has 0 heterocycles. The van der Waals surface area contributed by atoms with Crippen molar-refractivity contribution in [2.45, 2.75) is 32.7 Å². The molecule has 2 aromatic carbocycles. The van der Waals surface area contributed by atoms with Gasteiger partial charge in [0.05, 0.1) is 0 Å². The minimum atomic E-state index is -0.313. The van der Waals surface area contributed by atoms with Gasteiger partial charge in [-0.15, -0.1) is 0 Å². The maximum absolute atomic E-state index is 13.1. The zero-order valence-corrected chi connectivity index (χ0v) is 13.7. The summed E-state index contributed by atoms with van der Waals surface area (Å²) in [6.45, 7) is 6.50. The Bertz CT molecular complexity index is 677. The average Bonchev–Trinajstić information content (AvgIpc) is 2.50. The number of carbonyl (C=O) groups is 1. The first kappa shape index (κ1) is 17.0. The highest BCUT2D eigenvalue weighted by atomic mass is 19.1. The minimum Gasteiger partial charge on any atom is -0.483 e. The van der Waals surface area contributed by atoms with Crippen LogP contribution in [0.25, 0.3) is 0 Å². The van der Waals surface area contributed by atoms with Crippen LogP contribution in [-0.4, -0.2) is 12.5 Å². The predicted molar refractivity (Wildman–Crippen MR) is 88.9 cm³/mol. The molecule has 0 saturated heterocycles. The maximum atomic E-state index is 13.1. The molecule has 3 nitrogen and oxygen atoms in total. The number of rotatable bonds is 5. The van der Waals surface area contributed by atoms with Gasteiger partial charge in [-0.2, -0.15) is 0 Å². The number of ether oxygens (including phenoxy) is 1. The molecule has 4 heteroatoms. The van der Waals surface area contributed by atoms with Crippen LogP contribution in [0, 0.1) is 5.82 Å². The summed E-state index contributed by atoms with van der Waals surface area (Å²) in [4.78, 5) is 11.9. The van der Waals surface area contributed by atoms with Crippen molar-refractivity contribution >= 4 is 5.91 Å². The van der Waals surface area contributed by atoms with Gasteiger partial charge >= 0.3 is 0 Å². The largest absolute Gasteiger partial charge is 0.483 e. The van der Waals surface area contributed by atoms with Gasteiger partial charge in [0.2, 0.25) is 0 Å². The average molecular weight is 315 g/mol. The first-order chi connectivity index (χ1) is 10.9. The topological polar surface area (TPSA) is 38.3 Å². The molecule has 0 fully saturated rings. The molecule has 0 aliphatic carbocycles. The lowest BCUT2D eigenvalue weighted by Gasteiger charge is -2.22. The van der Waals surface area contributed by atoms with Gasteiger partial charge in [-0.1, -0.05) is 51.1 Å². The molecule has 1 N–H and O–H groups in total. The fourth-order valence-corrected chi connectivity index (χ4v) is 2.25. The Morgan fingerprint density at radius 1 is 1.13 bits per heavy atom. The third kappa shape index (κ3) is 5.09. The van der Waals surface area contributed by atoms with Crippen LogP contribution in [0.2, 0.25) is 0 Å². The summed E-state index contributed by atoms with van der Waals surface area (Å²) in [5.41, 5.74) is 1.71. The molecule has 0 bridgehead atoms. The summed E-state index contributed by atoms with van der Waals surface area (Å²) in [5, 5.41) is 2.72. The van der Waals surface area contributed by atoms with Gasteiger partial charge in [-0.05, 0) is 34.7 Å². The van der Waals surface area contributed by atoms with Gasteiger partial charge in [-0.25, -0.2) is 4.39 Å². The van der Waals surface area contributed by atoms with Gasteiger partial charge in [0.15, 0.2) is 6.61 Å². The van der Waals surface area contributed by atoms with Gasteiger partial charge in [0.1, 0.15) is 11.6 Å². The molecule has 0 aliphatic rings. The fourth-order valence-electron chi connectivity index (χ4n) is 2.25. The number of carbonyl (C=O) groups excluding carboxylic acids is 1. The van der Waals surface area contributed by atoms with Crippen LogP contribution in [0.3, 0.4) is 0 Å². The number of para-hydroxylation sites is 1. The molecule has 0 radical (unpaired) electrons. The van der Waals surface area contributed by atoms with Crippen molar-refractivity contribution in [3.63, 3.8) is 0 Å². The van der Waals surface area contributed by atoms with E-state index in [0.717, 1.165) is 5.56 Å². The monoisotopic (exact) mass is 315 g/mol. The van der Waals surface area contributed by atoms with Crippen molar-refractivity contribution in [2.75, 3.05) is 6.61 Å². The molecule has 2 aromatic rings. The Labute approximate surface area is 136 Å². The van der Waals surface area contributed by atoms with E-state index in [0.29, 0.717) is 11.3 Å². The van der Waals surface area contributed by atoms with E-state index in [-0.39, 0.29) is 30.3 Å². The summed E-state index contributed by atoms with van der Waals surface area (Å²) < 4.78 is 18.7. The van der Waals surface area contributed by atoms with E-state index >= 15 is 0 Å². The van der Waals surface area contributed by atoms with E-state index in [9.17, 15) is 9.18 Å². The second-order valence-electron chi connectivity index (χ2n) is 6.44. The quantitative estimate of drug-likeness (QED) is 0.911. The number of hydrogen-bond acceptors (Lipinski definition) is 2. The molecule has 0 aromatic heterocycles. The van der Waals surface area contributed by atoms with E-state index in [4.69, 9.17) is 4.74 Å². The maximum Gasteiger partial charge on any atom is 0.258 e. The van der Waals surface area contributed by atoms with E-state index < -0.39 is 0 Å². The van der Waals surface area contributed by atoms with Gasteiger partial charge in [-0.3, -0.25) is 4.79 Å². The first-order valence-corrected chi connectivity index (χ1v) is 7.60. The van der Waals surface area contributed by atoms with Crippen molar-refractivity contribution in [3.05, 3.63) is 65.5 Å². The zero-order valence-electron chi connectivity index (χ0n) is 13.7. The van der Waals surface area contributed by atoms with Crippen LogP contribution < -0.4 is 10.1 Å². The highest BCUT2D eigenvalue weighted by Crippen LogP contribution is 2.30. The van der Waals surface area contributed by atoms with Gasteiger partial charge < -0.3 is 10.1 Å². The Kier molecular flexibility index (Phi) is 5.37. The molecule has 0 aliphatic heterocycles. The normalized spacial score (nSPS) is 11.1. The Morgan fingerprint density at radius 2 is 1.87 bits per heavy atom. The lowest BCUT2D eigenvalue weighted by atomic mass is 9.86. The predicted octanol–water partition coefficient (Wildman–Crippen LogP) is 3.82. The van der Waals surface area contributed by atoms with Crippen LogP contribution in [-0.2, 0) is 16.8 Å². The van der Waals surface area contributed by atoms with Gasteiger partial charge in [0, 0.05) is 6.54 Å². The van der Waals surface area contributed by atoms with E-state index in [2.05, 4.69) is 26.1 Å². The van der Waals surface area contributed by atoms with Crippen molar-refractivity contribution in [3.8, 4) is 5.75 Å². The van der Waals surface area contributed by atoms with Crippen LogP contribution in [0.4, 0.5) is 4.39 Å². The molecule has 0 unspecified atom stereocenters. The molecule has 0 atom stereocenters. The second-order valence-corrected chi connectivity index (χ2v) is 6.44. The van der Waals surface area contributed by atoms with Crippen LogP contribution in [0.15, 0.2) is 48.5 Å². The van der Waals surface area contributed by atoms with Crippen molar-refractivity contribution in [1.29, 1.82) is 0 Å². The molecule has 1 amide bonds. The van der Waals surface area contributed by atoms with Crippen molar-refractivity contribution < 1.29 is 13.9 Å². The van der Waals surface area contributed by atoms with E-state index in [1.165, 1.54) is 12.1 Å². The summed E-state index contributed by atoms with van der Waals surface area (Å²) in [5.74, 6) is 0.158. The SMILES string of the molecule is CC(C)(C)c1ccccc1OCC(=O)NCc1cccc(F)c1. The number of benzene rings is 2. The highest BCUT2D eigenvalue weighted by molar-refractivity contribution is 5.77. The van der Waals surface area contributed by atoms with Crippen LogP contribution in [0.5, 0.6) is 5.75 Å². The minimum absolute atomic E-state index is 0.0609. The van der Waals surface area contributed by atoms with Gasteiger partial charge in [0.25, 0.3) is 5.91 Å². The van der Waals surface area contributed by atoms with Crippen molar-refractivity contribution in [2.24, 2.45) is 0 Å². The second kappa shape index (κ2) is 7.27. The summed E-state index contributed by atoms with van der Waals surface area (Å²) in [7, 11) is 0. The van der Waals surface area contributed by atoms with Crippen LogP contribution >= 0.6 is 0 Å². The third-order valence-corrected chi connectivity index (χ3v) is 3.43. The number of halogens is 1. The molecule has 23 heavy (non-hydrogen) atoms. The number of hydrogen-bond donors (Lipinski definition) is 1. The standard InChI is InChI=1S/C19H22FNO2/c1-19(2,3)16-9-4-5-10-17(16)23-13-18(22)21-12-14-7-6-8-15(20)11-14/h4-11H,12-13H2,1-3H3,(H,21,22). The lowest BCUT2D eigenvalue weighted by Crippen LogP contribution is -2.29. The van der Waals surface area contributed by atoms with Crippen molar-refractivity contribution in [1.82, 2.24) is 5.32 Å². The molecule has 0 saturated carbocycles. The molecular formula is C19H22FNO2. The molecule has 0 spiro atoms. The first-order valence-electron chi connectivity index (χ1n) is 7.60. The molecule has 122 valence electrons. The van der Waals surface area contributed by atoms with Crippen LogP contribution in [0.1, 0.15) is 31.9 Å². The highest BCUT2D eigenvalue weighted by Gasteiger charge is 2.18. The summed E-state index contributed by atoms with van der Waals surface area (Å²) >= 11 is 0. The van der Waals surface area contributed by atoms with E-state index in [1.807, 2.05) is 24.3 Å². The number of amides is 1. The summed E-state index contributed by atoms with van der Waals surface area (Å²) in [6.07, 6.45) is 0. The number of nitrogens with one attached hydrogen (secondary N) is 1. The lowest BCUT2D eigenvalue weighted by molar-refractivity contribution is -0.123. The summed E-state index contributed by atoms with van der Waals surface area (Å²) in [6, 6.07) is 13.9. The zero-order chi connectivity index (χ0) is 16.9. The molecular weight excluding hydrogens is 293 g/mol. The smallest absolute Gasteiger partial charge is 0.258 e. The fraction of sp³-hybridized carbons (Fsp3) is 0.316. The Balaban J connectivity index is 1.90. The Morgan fingerprint density at radius 3 is 2.57 bits per heavy atom. The Hall–Kier alpha value is -2.36. The molecule has 2 rings (SSSR count). The van der Waals surface area contributed by atoms with E-state index in [1.54, 1.807) is 12.1 Å². The third-order valence-electron chi connectivity index (χ3n) is 3.43.